The average Bonchev–Trinajstić information content (AvgIpc) is 3.49. The van der Waals surface area contributed by atoms with Crippen LogP contribution >= 0.6 is 0 Å². The summed E-state index contributed by atoms with van der Waals surface area (Å²) in [4.78, 5) is 29.6. The largest absolute Gasteiger partial charge is 0.380 e. The van der Waals surface area contributed by atoms with E-state index in [1.165, 1.54) is 0 Å². The Bertz CT molecular complexity index is 526. The lowest BCUT2D eigenvalue weighted by molar-refractivity contribution is -0.123. The Morgan fingerprint density at radius 3 is 1.45 bits per heavy atom. The first-order chi connectivity index (χ1) is 15.2. The van der Waals surface area contributed by atoms with Gasteiger partial charge in [-0.1, -0.05) is 0 Å². The monoisotopic (exact) mass is 436 g/mol. The number of ether oxygens (including phenoxy) is 2. The van der Waals surface area contributed by atoms with Crippen LogP contribution in [0.4, 0.5) is 0 Å². The first kappa shape index (κ1) is 23.0. The molecule has 0 bridgehead atoms. The van der Waals surface area contributed by atoms with E-state index in [4.69, 9.17) is 9.47 Å². The molecule has 0 aliphatic carbocycles. The van der Waals surface area contributed by atoms with Crippen LogP contribution in [0.1, 0.15) is 57.8 Å². The van der Waals surface area contributed by atoms with Crippen molar-refractivity contribution >= 4 is 11.8 Å². The van der Waals surface area contributed by atoms with E-state index < -0.39 is 0 Å². The molecule has 0 aromatic heterocycles. The molecule has 31 heavy (non-hydrogen) atoms. The fourth-order valence-corrected chi connectivity index (χ4v) is 5.45. The van der Waals surface area contributed by atoms with E-state index >= 15 is 0 Å². The molecule has 8 heteroatoms. The van der Waals surface area contributed by atoms with Gasteiger partial charge in [-0.25, -0.2) is 0 Å². The number of carbonyl (C=O) groups excluding carboxylic acids is 2. The number of rotatable bonds is 8. The van der Waals surface area contributed by atoms with Crippen LogP contribution in [0.2, 0.25) is 0 Å². The molecule has 4 fully saturated rings. The zero-order valence-corrected chi connectivity index (χ0v) is 18.9. The van der Waals surface area contributed by atoms with Gasteiger partial charge in [0.2, 0.25) is 11.8 Å². The number of likely N-dealkylation sites (tertiary alicyclic amines) is 2. The minimum atomic E-state index is 0.0857. The van der Waals surface area contributed by atoms with Gasteiger partial charge in [-0.3, -0.25) is 19.4 Å². The summed E-state index contributed by atoms with van der Waals surface area (Å²) in [6.45, 7) is 7.61. The molecule has 4 heterocycles. The molecule has 2 unspecified atom stereocenters. The molecule has 0 aromatic carbocycles. The lowest BCUT2D eigenvalue weighted by Crippen LogP contribution is -2.48. The molecule has 4 rings (SSSR count). The molecule has 8 nitrogen and oxygen atoms in total. The molecule has 4 aliphatic heterocycles. The second kappa shape index (κ2) is 11.6. The van der Waals surface area contributed by atoms with Gasteiger partial charge in [-0.05, 0) is 44.9 Å². The molecular formula is C23H40N4O4. The quantitative estimate of drug-likeness (QED) is 0.588. The molecule has 176 valence electrons. The van der Waals surface area contributed by atoms with Crippen molar-refractivity contribution in [1.29, 1.82) is 0 Å². The third-order valence-electron chi connectivity index (χ3n) is 7.44. The molecule has 2 N–H and O–H groups in total. The SMILES string of the molecule is O=C(CCCC(=O)NC1CCN(C2CCOC2)CC1)NC1CCN(C2CCOC2)CC1. The molecule has 0 aromatic rings. The summed E-state index contributed by atoms with van der Waals surface area (Å²) in [6.07, 6.45) is 7.79. The van der Waals surface area contributed by atoms with Crippen molar-refractivity contribution in [3.63, 3.8) is 0 Å². The second-order valence-electron chi connectivity index (χ2n) is 9.64. The van der Waals surface area contributed by atoms with Gasteiger partial charge in [0.25, 0.3) is 0 Å². The lowest BCUT2D eigenvalue weighted by Gasteiger charge is -2.35. The Morgan fingerprint density at radius 2 is 1.10 bits per heavy atom. The van der Waals surface area contributed by atoms with Crippen LogP contribution in [0.5, 0.6) is 0 Å². The van der Waals surface area contributed by atoms with Crippen molar-refractivity contribution in [3.05, 3.63) is 0 Å². The van der Waals surface area contributed by atoms with Gasteiger partial charge in [0.1, 0.15) is 0 Å². The topological polar surface area (TPSA) is 83.1 Å². The maximum atomic E-state index is 12.3. The molecule has 2 amide bonds. The highest BCUT2D eigenvalue weighted by molar-refractivity contribution is 5.79. The molecule has 0 radical (unpaired) electrons. The van der Waals surface area contributed by atoms with Crippen molar-refractivity contribution in [1.82, 2.24) is 20.4 Å². The highest BCUT2D eigenvalue weighted by atomic mass is 16.5. The van der Waals surface area contributed by atoms with Gasteiger partial charge >= 0.3 is 0 Å². The fraction of sp³-hybridized carbons (Fsp3) is 0.913. The Hall–Kier alpha value is -1.22. The Balaban J connectivity index is 1.04. The van der Waals surface area contributed by atoms with Crippen LogP contribution in [0, 0.1) is 0 Å². The predicted molar refractivity (Wildman–Crippen MR) is 118 cm³/mol. The minimum absolute atomic E-state index is 0.0857. The summed E-state index contributed by atoms with van der Waals surface area (Å²) in [7, 11) is 0. The summed E-state index contributed by atoms with van der Waals surface area (Å²) in [5.41, 5.74) is 0. The van der Waals surface area contributed by atoms with Gasteiger partial charge < -0.3 is 20.1 Å². The van der Waals surface area contributed by atoms with Crippen molar-refractivity contribution in [2.45, 2.75) is 82.0 Å². The number of hydrogen-bond acceptors (Lipinski definition) is 6. The van der Waals surface area contributed by atoms with E-state index in [1.807, 2.05) is 0 Å². The van der Waals surface area contributed by atoms with Crippen LogP contribution in [-0.2, 0) is 19.1 Å². The zero-order valence-electron chi connectivity index (χ0n) is 18.9. The molecule has 4 aliphatic rings. The number of nitrogens with zero attached hydrogens (tertiary/aromatic N) is 2. The Morgan fingerprint density at radius 1 is 0.677 bits per heavy atom. The van der Waals surface area contributed by atoms with Gasteiger partial charge in [0.15, 0.2) is 0 Å². The van der Waals surface area contributed by atoms with Crippen LogP contribution in [-0.4, -0.2) is 98.4 Å². The minimum Gasteiger partial charge on any atom is -0.380 e. The van der Waals surface area contributed by atoms with Crippen LogP contribution in [0.25, 0.3) is 0 Å². The predicted octanol–water partition coefficient (Wildman–Crippen LogP) is 0.896. The number of piperidine rings is 2. The average molecular weight is 437 g/mol. The summed E-state index contributed by atoms with van der Waals surface area (Å²) >= 11 is 0. The van der Waals surface area contributed by atoms with E-state index in [0.717, 1.165) is 91.1 Å². The van der Waals surface area contributed by atoms with Gasteiger partial charge in [0.05, 0.1) is 13.2 Å². The van der Waals surface area contributed by atoms with Crippen LogP contribution < -0.4 is 10.6 Å². The molecule has 4 saturated heterocycles. The Kier molecular flexibility index (Phi) is 8.58. The molecule has 2 atom stereocenters. The van der Waals surface area contributed by atoms with E-state index in [-0.39, 0.29) is 23.9 Å². The first-order valence-corrected chi connectivity index (χ1v) is 12.4. The highest BCUT2D eigenvalue weighted by Crippen LogP contribution is 2.20. The Labute approximate surface area is 186 Å². The fourth-order valence-electron chi connectivity index (χ4n) is 5.45. The van der Waals surface area contributed by atoms with Gasteiger partial charge in [0, 0.05) is 76.4 Å². The van der Waals surface area contributed by atoms with Crippen molar-refractivity contribution in [3.8, 4) is 0 Å². The normalized spacial score (nSPS) is 29.3. The number of hydrogen-bond donors (Lipinski definition) is 2. The third-order valence-corrected chi connectivity index (χ3v) is 7.44. The number of carbonyl (C=O) groups is 2. The molecule has 0 saturated carbocycles. The summed E-state index contributed by atoms with van der Waals surface area (Å²) in [6, 6.07) is 1.68. The summed E-state index contributed by atoms with van der Waals surface area (Å²) < 4.78 is 11.0. The third kappa shape index (κ3) is 6.88. The van der Waals surface area contributed by atoms with Crippen molar-refractivity contribution in [2.75, 3.05) is 52.6 Å². The molecular weight excluding hydrogens is 396 g/mol. The van der Waals surface area contributed by atoms with E-state index in [2.05, 4.69) is 20.4 Å². The van der Waals surface area contributed by atoms with Crippen molar-refractivity contribution < 1.29 is 19.1 Å². The second-order valence-corrected chi connectivity index (χ2v) is 9.64. The zero-order chi connectivity index (χ0) is 21.5. The standard InChI is InChI=1S/C23H40N4O4/c28-22(24-18-4-10-26(11-5-18)20-8-14-30-16-20)2-1-3-23(29)25-19-6-12-27(13-7-19)21-9-15-31-17-21/h18-21H,1-17H2,(H,24,28)(H,25,29). The number of amides is 2. The van der Waals surface area contributed by atoms with E-state index in [1.54, 1.807) is 0 Å². The molecule has 0 spiro atoms. The van der Waals surface area contributed by atoms with Gasteiger partial charge in [-0.2, -0.15) is 0 Å². The summed E-state index contributed by atoms with van der Waals surface area (Å²) in [5, 5.41) is 6.34. The van der Waals surface area contributed by atoms with Crippen LogP contribution in [0.15, 0.2) is 0 Å². The maximum Gasteiger partial charge on any atom is 0.220 e. The number of nitrogens with one attached hydrogen (secondary N) is 2. The van der Waals surface area contributed by atoms with Gasteiger partial charge in [-0.15, -0.1) is 0 Å². The maximum absolute atomic E-state index is 12.3. The lowest BCUT2D eigenvalue weighted by atomic mass is 10.0. The summed E-state index contributed by atoms with van der Waals surface area (Å²) in [5.74, 6) is 0.171. The highest BCUT2D eigenvalue weighted by Gasteiger charge is 2.29. The van der Waals surface area contributed by atoms with E-state index in [9.17, 15) is 9.59 Å². The van der Waals surface area contributed by atoms with Crippen LogP contribution in [0.3, 0.4) is 0 Å². The van der Waals surface area contributed by atoms with Crippen molar-refractivity contribution in [2.24, 2.45) is 0 Å². The van der Waals surface area contributed by atoms with E-state index in [0.29, 0.717) is 31.3 Å². The smallest absolute Gasteiger partial charge is 0.220 e. The first-order valence-electron chi connectivity index (χ1n) is 12.4.